The molecule has 5 heteroatoms. The lowest BCUT2D eigenvalue weighted by Crippen LogP contribution is -1.97. The maximum Gasteiger partial charge on any atom is 0.339 e. The summed E-state index contributed by atoms with van der Waals surface area (Å²) in [7, 11) is 0. The summed E-state index contributed by atoms with van der Waals surface area (Å²) >= 11 is 0. The van der Waals surface area contributed by atoms with E-state index in [1.807, 2.05) is 6.07 Å². The van der Waals surface area contributed by atoms with Crippen molar-refractivity contribution in [3.8, 4) is 5.75 Å². The van der Waals surface area contributed by atoms with Gasteiger partial charge in [0.2, 0.25) is 0 Å². The summed E-state index contributed by atoms with van der Waals surface area (Å²) in [5.41, 5.74) is 1.11. The predicted octanol–water partition coefficient (Wildman–Crippen LogP) is 2.78. The Kier molecular flexibility index (Phi) is 5.29. The van der Waals surface area contributed by atoms with Crippen LogP contribution in [0.5, 0.6) is 5.75 Å². The number of carbonyl (C=O) groups is 2. The van der Waals surface area contributed by atoms with Gasteiger partial charge in [-0.05, 0) is 30.7 Å². The Labute approximate surface area is 115 Å². The molecule has 0 fully saturated rings. The van der Waals surface area contributed by atoms with Crippen molar-refractivity contribution in [1.82, 2.24) is 0 Å². The summed E-state index contributed by atoms with van der Waals surface area (Å²) in [6, 6.07) is 12.7. The molecule has 20 heavy (non-hydrogen) atoms. The molecule has 0 spiro atoms. The highest BCUT2D eigenvalue weighted by atomic mass is 16.4. The molecule has 0 bridgehead atoms. The molecular weight excluding hydrogens is 260 g/mol. The zero-order chi connectivity index (χ0) is 15.1. The lowest BCUT2D eigenvalue weighted by molar-refractivity contribution is 0.0683. The molecule has 0 saturated carbocycles. The van der Waals surface area contributed by atoms with E-state index in [1.165, 1.54) is 12.1 Å². The summed E-state index contributed by atoms with van der Waals surface area (Å²) in [5, 5.41) is 25.9. The van der Waals surface area contributed by atoms with E-state index in [4.69, 9.17) is 15.3 Å². The normalized spacial score (nSPS) is 9.25. The van der Waals surface area contributed by atoms with E-state index in [0.29, 0.717) is 5.56 Å². The van der Waals surface area contributed by atoms with Gasteiger partial charge in [-0.15, -0.1) is 0 Å². The summed E-state index contributed by atoms with van der Waals surface area (Å²) in [6.07, 6.45) is 0. The molecule has 0 aliphatic carbocycles. The number of aromatic carboxylic acids is 2. The van der Waals surface area contributed by atoms with Crippen LogP contribution in [0.2, 0.25) is 0 Å². The molecular formula is C15H14O5. The van der Waals surface area contributed by atoms with Gasteiger partial charge in [-0.3, -0.25) is 0 Å². The zero-order valence-corrected chi connectivity index (χ0v) is 10.8. The van der Waals surface area contributed by atoms with Gasteiger partial charge in [-0.25, -0.2) is 9.59 Å². The number of rotatable bonds is 2. The number of aryl methyl sites for hydroxylation is 1. The molecule has 2 aromatic rings. The molecule has 3 N–H and O–H groups in total. The molecule has 0 aromatic heterocycles. The van der Waals surface area contributed by atoms with Crippen molar-refractivity contribution in [1.29, 1.82) is 0 Å². The summed E-state index contributed by atoms with van der Waals surface area (Å²) in [4.78, 5) is 20.7. The number of hydrogen-bond acceptors (Lipinski definition) is 3. The fourth-order valence-electron chi connectivity index (χ4n) is 1.47. The van der Waals surface area contributed by atoms with Gasteiger partial charge in [0.05, 0.1) is 5.56 Å². The van der Waals surface area contributed by atoms with E-state index >= 15 is 0 Å². The quantitative estimate of drug-likeness (QED) is 0.782. The number of benzene rings is 2. The van der Waals surface area contributed by atoms with Crippen LogP contribution >= 0.6 is 0 Å². The van der Waals surface area contributed by atoms with E-state index in [1.54, 1.807) is 37.3 Å². The SMILES string of the molecule is Cc1ccccc1C(=O)O.O=C(O)c1ccccc1O. The molecule has 5 nitrogen and oxygen atoms in total. The Morgan fingerprint density at radius 2 is 1.25 bits per heavy atom. The molecule has 0 radical (unpaired) electrons. The van der Waals surface area contributed by atoms with Crippen LogP contribution in [0.4, 0.5) is 0 Å². The number of phenols is 1. The molecule has 0 aliphatic rings. The molecule has 0 unspecified atom stereocenters. The van der Waals surface area contributed by atoms with E-state index in [9.17, 15) is 9.59 Å². The van der Waals surface area contributed by atoms with E-state index < -0.39 is 11.9 Å². The summed E-state index contributed by atoms with van der Waals surface area (Å²) < 4.78 is 0. The first kappa shape index (κ1) is 15.2. The van der Waals surface area contributed by atoms with Gasteiger partial charge >= 0.3 is 11.9 Å². The van der Waals surface area contributed by atoms with E-state index in [-0.39, 0.29) is 11.3 Å². The van der Waals surface area contributed by atoms with Crippen LogP contribution < -0.4 is 0 Å². The lowest BCUT2D eigenvalue weighted by atomic mass is 10.1. The van der Waals surface area contributed by atoms with Crippen molar-refractivity contribution in [2.24, 2.45) is 0 Å². The molecule has 0 amide bonds. The van der Waals surface area contributed by atoms with Gasteiger partial charge in [0.15, 0.2) is 0 Å². The third-order valence-electron chi connectivity index (χ3n) is 2.51. The van der Waals surface area contributed by atoms with Crippen LogP contribution in [-0.2, 0) is 0 Å². The lowest BCUT2D eigenvalue weighted by Gasteiger charge is -1.96. The van der Waals surface area contributed by atoms with Crippen molar-refractivity contribution in [2.75, 3.05) is 0 Å². The van der Waals surface area contributed by atoms with Crippen LogP contribution in [0, 0.1) is 6.92 Å². The molecule has 2 rings (SSSR count). The third-order valence-corrected chi connectivity index (χ3v) is 2.51. The van der Waals surface area contributed by atoms with Gasteiger partial charge < -0.3 is 15.3 Å². The Hall–Kier alpha value is -2.82. The van der Waals surface area contributed by atoms with Crippen LogP contribution in [0.3, 0.4) is 0 Å². The number of aromatic hydroxyl groups is 1. The zero-order valence-electron chi connectivity index (χ0n) is 10.8. The first-order chi connectivity index (χ1) is 9.43. The monoisotopic (exact) mass is 274 g/mol. The average molecular weight is 274 g/mol. The number of hydrogen-bond donors (Lipinski definition) is 3. The maximum absolute atomic E-state index is 10.4. The minimum Gasteiger partial charge on any atom is -0.507 e. The van der Waals surface area contributed by atoms with Gasteiger partial charge in [-0.2, -0.15) is 0 Å². The standard InChI is InChI=1S/C8H8O2.C7H6O3/c1-6-4-2-3-5-7(6)8(9)10;8-6-4-2-1-3-5(6)7(9)10/h2-5H,1H3,(H,9,10);1-4,8H,(H,9,10). The fourth-order valence-corrected chi connectivity index (χ4v) is 1.47. The number of para-hydroxylation sites is 1. The first-order valence-electron chi connectivity index (χ1n) is 5.73. The first-order valence-corrected chi connectivity index (χ1v) is 5.73. The smallest absolute Gasteiger partial charge is 0.339 e. The van der Waals surface area contributed by atoms with E-state index in [2.05, 4.69) is 0 Å². The molecule has 0 saturated heterocycles. The molecule has 0 heterocycles. The third kappa shape index (κ3) is 4.13. The fraction of sp³-hybridized carbons (Fsp3) is 0.0667. The summed E-state index contributed by atoms with van der Waals surface area (Å²) in [6.45, 7) is 1.78. The Morgan fingerprint density at radius 1 is 0.800 bits per heavy atom. The van der Waals surface area contributed by atoms with Gasteiger partial charge in [-0.1, -0.05) is 30.3 Å². The highest BCUT2D eigenvalue weighted by molar-refractivity contribution is 5.90. The van der Waals surface area contributed by atoms with Crippen molar-refractivity contribution >= 4 is 11.9 Å². The van der Waals surface area contributed by atoms with Crippen molar-refractivity contribution in [3.63, 3.8) is 0 Å². The summed E-state index contributed by atoms with van der Waals surface area (Å²) in [5.74, 6) is -2.17. The molecule has 0 atom stereocenters. The molecule has 0 aliphatic heterocycles. The van der Waals surface area contributed by atoms with Crippen molar-refractivity contribution < 1.29 is 24.9 Å². The highest BCUT2D eigenvalue weighted by Gasteiger charge is 2.05. The minimum absolute atomic E-state index is 0.0671. The molecule has 2 aromatic carbocycles. The Balaban J connectivity index is 0.000000200. The topological polar surface area (TPSA) is 94.8 Å². The van der Waals surface area contributed by atoms with Crippen LogP contribution in [-0.4, -0.2) is 27.3 Å². The second kappa shape index (κ2) is 6.94. The number of carboxylic acids is 2. The van der Waals surface area contributed by atoms with Crippen molar-refractivity contribution in [3.05, 3.63) is 65.2 Å². The van der Waals surface area contributed by atoms with Gasteiger partial charge in [0.1, 0.15) is 11.3 Å². The van der Waals surface area contributed by atoms with Crippen LogP contribution in [0.15, 0.2) is 48.5 Å². The second-order valence-electron chi connectivity index (χ2n) is 3.94. The molecule has 104 valence electrons. The highest BCUT2D eigenvalue weighted by Crippen LogP contribution is 2.14. The Morgan fingerprint density at radius 3 is 1.60 bits per heavy atom. The maximum atomic E-state index is 10.4. The largest absolute Gasteiger partial charge is 0.507 e. The number of carboxylic acid groups (broad SMARTS) is 2. The van der Waals surface area contributed by atoms with Crippen molar-refractivity contribution in [2.45, 2.75) is 6.92 Å². The van der Waals surface area contributed by atoms with Gasteiger partial charge in [0.25, 0.3) is 0 Å². The van der Waals surface area contributed by atoms with E-state index in [0.717, 1.165) is 5.56 Å². The second-order valence-corrected chi connectivity index (χ2v) is 3.94. The van der Waals surface area contributed by atoms with Crippen LogP contribution in [0.25, 0.3) is 0 Å². The van der Waals surface area contributed by atoms with Crippen LogP contribution in [0.1, 0.15) is 26.3 Å². The minimum atomic E-state index is -1.11. The predicted molar refractivity (Wildman–Crippen MR) is 73.2 cm³/mol. The Bertz CT molecular complexity index is 564. The van der Waals surface area contributed by atoms with Gasteiger partial charge in [0, 0.05) is 0 Å². The average Bonchev–Trinajstić information content (AvgIpc) is 2.40.